The highest BCUT2D eigenvalue weighted by atomic mass is 16.1. The number of carbonyl (C=O) groups is 1. The van der Waals surface area contributed by atoms with Gasteiger partial charge < -0.3 is 5.73 Å². The van der Waals surface area contributed by atoms with E-state index in [4.69, 9.17) is 5.73 Å². The number of amides is 1. The van der Waals surface area contributed by atoms with E-state index in [0.717, 1.165) is 11.1 Å². The molecule has 2 heteroatoms. The molecule has 98 valence electrons. The quantitative estimate of drug-likeness (QED) is 0.893. The van der Waals surface area contributed by atoms with Crippen LogP contribution in [0.3, 0.4) is 0 Å². The van der Waals surface area contributed by atoms with Crippen molar-refractivity contribution in [1.29, 1.82) is 0 Å². The third-order valence-electron chi connectivity index (χ3n) is 3.71. The smallest absolute Gasteiger partial charge is 0.232 e. The maximum Gasteiger partial charge on any atom is 0.232 e. The van der Waals surface area contributed by atoms with Gasteiger partial charge in [0.1, 0.15) is 5.41 Å². The Hall–Kier alpha value is -2.09. The lowest BCUT2D eigenvalue weighted by atomic mass is 9.66. The van der Waals surface area contributed by atoms with Crippen LogP contribution in [0.4, 0.5) is 0 Å². The second kappa shape index (κ2) is 5.27. The van der Waals surface area contributed by atoms with Gasteiger partial charge in [-0.05, 0) is 17.0 Å². The summed E-state index contributed by atoms with van der Waals surface area (Å²) >= 11 is 0. The van der Waals surface area contributed by atoms with Gasteiger partial charge in [-0.15, -0.1) is 0 Å². The second-order valence-corrected chi connectivity index (χ2v) is 5.06. The lowest BCUT2D eigenvalue weighted by molar-refractivity contribution is -0.123. The van der Waals surface area contributed by atoms with Crippen molar-refractivity contribution in [2.24, 2.45) is 11.7 Å². The van der Waals surface area contributed by atoms with Crippen LogP contribution in [0.25, 0.3) is 0 Å². The van der Waals surface area contributed by atoms with Gasteiger partial charge in [0.25, 0.3) is 0 Å². The van der Waals surface area contributed by atoms with Gasteiger partial charge in [0.15, 0.2) is 0 Å². The minimum Gasteiger partial charge on any atom is -0.369 e. The van der Waals surface area contributed by atoms with Crippen LogP contribution in [-0.2, 0) is 10.2 Å². The number of primary amides is 1. The van der Waals surface area contributed by atoms with Crippen LogP contribution >= 0.6 is 0 Å². The number of hydrogen-bond donors (Lipinski definition) is 1. The van der Waals surface area contributed by atoms with Crippen molar-refractivity contribution < 1.29 is 4.79 Å². The minimum atomic E-state index is -0.775. The van der Waals surface area contributed by atoms with Crippen LogP contribution < -0.4 is 5.73 Å². The molecule has 0 aromatic heterocycles. The molecule has 0 saturated heterocycles. The SMILES string of the molecule is CC(C)C(C(N)=O)(c1ccccc1)c1ccccc1. The molecule has 0 aliphatic rings. The molecule has 0 aliphatic carbocycles. The Morgan fingerprint density at radius 1 is 0.895 bits per heavy atom. The van der Waals surface area contributed by atoms with E-state index >= 15 is 0 Å². The van der Waals surface area contributed by atoms with Gasteiger partial charge in [-0.1, -0.05) is 74.5 Å². The van der Waals surface area contributed by atoms with Crippen molar-refractivity contribution in [3.63, 3.8) is 0 Å². The summed E-state index contributed by atoms with van der Waals surface area (Å²) in [5.74, 6) is -0.227. The van der Waals surface area contributed by atoms with Crippen LogP contribution in [0.1, 0.15) is 25.0 Å². The van der Waals surface area contributed by atoms with Crippen molar-refractivity contribution in [3.05, 3.63) is 71.8 Å². The molecular formula is C17H19NO. The molecule has 0 aliphatic heterocycles. The third kappa shape index (κ3) is 2.14. The van der Waals surface area contributed by atoms with Crippen molar-refractivity contribution in [2.45, 2.75) is 19.3 Å². The Morgan fingerprint density at radius 2 is 1.26 bits per heavy atom. The first kappa shape index (κ1) is 13.3. The number of hydrogen-bond acceptors (Lipinski definition) is 1. The zero-order valence-electron chi connectivity index (χ0n) is 11.3. The van der Waals surface area contributed by atoms with Gasteiger partial charge in [0, 0.05) is 0 Å². The Kier molecular flexibility index (Phi) is 3.70. The highest BCUT2D eigenvalue weighted by Gasteiger charge is 2.43. The predicted molar refractivity (Wildman–Crippen MR) is 77.7 cm³/mol. The zero-order valence-corrected chi connectivity index (χ0v) is 11.3. The number of benzene rings is 2. The third-order valence-corrected chi connectivity index (χ3v) is 3.71. The summed E-state index contributed by atoms with van der Waals surface area (Å²) < 4.78 is 0. The summed E-state index contributed by atoms with van der Waals surface area (Å²) in [6.45, 7) is 4.06. The molecule has 2 aromatic rings. The number of rotatable bonds is 4. The number of nitrogens with two attached hydrogens (primary N) is 1. The summed E-state index contributed by atoms with van der Waals surface area (Å²) in [7, 11) is 0. The van der Waals surface area contributed by atoms with Crippen molar-refractivity contribution in [2.75, 3.05) is 0 Å². The van der Waals surface area contributed by atoms with E-state index in [1.165, 1.54) is 0 Å². The molecule has 2 N–H and O–H groups in total. The molecule has 2 rings (SSSR count). The fourth-order valence-electron chi connectivity index (χ4n) is 2.80. The van der Waals surface area contributed by atoms with E-state index in [0.29, 0.717) is 0 Å². The van der Waals surface area contributed by atoms with E-state index in [1.54, 1.807) is 0 Å². The fourth-order valence-corrected chi connectivity index (χ4v) is 2.80. The molecule has 0 bridgehead atoms. The molecule has 19 heavy (non-hydrogen) atoms. The molecule has 2 aromatic carbocycles. The van der Waals surface area contributed by atoms with Gasteiger partial charge in [-0.3, -0.25) is 4.79 Å². The highest BCUT2D eigenvalue weighted by molar-refractivity contribution is 5.91. The summed E-state index contributed by atoms with van der Waals surface area (Å²) in [6.07, 6.45) is 0. The van der Waals surface area contributed by atoms with E-state index in [-0.39, 0.29) is 11.8 Å². The van der Waals surface area contributed by atoms with Crippen LogP contribution in [-0.4, -0.2) is 5.91 Å². The second-order valence-electron chi connectivity index (χ2n) is 5.06. The lowest BCUT2D eigenvalue weighted by Gasteiger charge is -2.35. The monoisotopic (exact) mass is 253 g/mol. The minimum absolute atomic E-state index is 0.0785. The standard InChI is InChI=1S/C17H19NO/c1-13(2)17(16(18)19,14-9-5-3-6-10-14)15-11-7-4-8-12-15/h3-13H,1-2H3,(H2,18,19). The van der Waals surface area contributed by atoms with Gasteiger partial charge in [0.05, 0.1) is 0 Å². The normalized spacial score (nSPS) is 11.5. The van der Waals surface area contributed by atoms with Crippen LogP contribution in [0.2, 0.25) is 0 Å². The summed E-state index contributed by atoms with van der Waals surface area (Å²) in [6, 6.07) is 19.5. The predicted octanol–water partition coefficient (Wildman–Crippen LogP) is 3.11. The van der Waals surface area contributed by atoms with E-state index < -0.39 is 5.41 Å². The van der Waals surface area contributed by atoms with Crippen LogP contribution in [0.5, 0.6) is 0 Å². The average molecular weight is 253 g/mol. The first-order chi connectivity index (χ1) is 9.10. The maximum atomic E-state index is 12.3. The van der Waals surface area contributed by atoms with Gasteiger partial charge in [0.2, 0.25) is 5.91 Å². The largest absolute Gasteiger partial charge is 0.369 e. The molecule has 0 spiro atoms. The summed E-state index contributed by atoms with van der Waals surface area (Å²) in [4.78, 5) is 12.3. The van der Waals surface area contributed by atoms with Gasteiger partial charge in [-0.25, -0.2) is 0 Å². The van der Waals surface area contributed by atoms with Crippen molar-refractivity contribution in [1.82, 2.24) is 0 Å². The molecular weight excluding hydrogens is 234 g/mol. The summed E-state index contributed by atoms with van der Waals surface area (Å²) in [5.41, 5.74) is 6.92. The fraction of sp³-hybridized carbons (Fsp3) is 0.235. The highest BCUT2D eigenvalue weighted by Crippen LogP contribution is 2.38. The Labute approximate surface area is 114 Å². The first-order valence-electron chi connectivity index (χ1n) is 6.51. The molecule has 0 saturated carbocycles. The lowest BCUT2D eigenvalue weighted by Crippen LogP contribution is -2.46. The first-order valence-corrected chi connectivity index (χ1v) is 6.51. The van der Waals surface area contributed by atoms with Crippen LogP contribution in [0, 0.1) is 5.92 Å². The van der Waals surface area contributed by atoms with Crippen molar-refractivity contribution in [3.8, 4) is 0 Å². The molecule has 2 nitrogen and oxygen atoms in total. The Morgan fingerprint density at radius 3 is 1.53 bits per heavy atom. The average Bonchev–Trinajstić information content (AvgIpc) is 2.41. The van der Waals surface area contributed by atoms with E-state index in [9.17, 15) is 4.79 Å². The van der Waals surface area contributed by atoms with E-state index in [1.807, 2.05) is 74.5 Å². The zero-order chi connectivity index (χ0) is 13.9. The maximum absolute atomic E-state index is 12.3. The van der Waals surface area contributed by atoms with Gasteiger partial charge >= 0.3 is 0 Å². The number of carbonyl (C=O) groups excluding carboxylic acids is 1. The molecule has 0 heterocycles. The topological polar surface area (TPSA) is 43.1 Å². The Bertz CT molecular complexity index is 506. The Balaban J connectivity index is 2.73. The molecule has 0 atom stereocenters. The van der Waals surface area contributed by atoms with Crippen molar-refractivity contribution >= 4 is 5.91 Å². The van der Waals surface area contributed by atoms with Crippen LogP contribution in [0.15, 0.2) is 60.7 Å². The summed E-state index contributed by atoms with van der Waals surface area (Å²) in [5, 5.41) is 0. The molecule has 1 amide bonds. The van der Waals surface area contributed by atoms with E-state index in [2.05, 4.69) is 0 Å². The molecule has 0 fully saturated rings. The molecule has 0 unspecified atom stereocenters. The van der Waals surface area contributed by atoms with Gasteiger partial charge in [-0.2, -0.15) is 0 Å². The molecule has 0 radical (unpaired) electrons.